The predicted molar refractivity (Wildman–Crippen MR) is 159 cm³/mol. The van der Waals surface area contributed by atoms with Crippen molar-refractivity contribution >= 4 is 33.8 Å². The van der Waals surface area contributed by atoms with Crippen molar-refractivity contribution < 1.29 is 23.2 Å². The monoisotopic (exact) mass is 585 g/mol. The minimum atomic E-state index is -1.66. The van der Waals surface area contributed by atoms with E-state index in [1.165, 1.54) is 11.1 Å². The summed E-state index contributed by atoms with van der Waals surface area (Å²) in [6, 6.07) is 11.6. The molecule has 0 spiro atoms. The molecule has 0 aromatic heterocycles. The molecule has 2 heterocycles. The molecule has 0 saturated heterocycles. The number of halogens is 1. The first-order valence-electron chi connectivity index (χ1n) is 14.1. The first-order chi connectivity index (χ1) is 19.4. The highest BCUT2D eigenvalue weighted by Crippen LogP contribution is 2.42. The maximum atomic E-state index is 13.1. The van der Waals surface area contributed by atoms with E-state index in [1.807, 2.05) is 24.3 Å². The molecule has 4 atom stereocenters. The third-order valence-corrected chi connectivity index (χ3v) is 9.57. The minimum Gasteiger partial charge on any atom is -0.491 e. The molecular weight excluding hydrogens is 548 g/mol. The van der Waals surface area contributed by atoms with Crippen molar-refractivity contribution in [2.75, 3.05) is 38.0 Å². The van der Waals surface area contributed by atoms with Crippen molar-refractivity contribution in [3.63, 3.8) is 0 Å². The summed E-state index contributed by atoms with van der Waals surface area (Å²) in [6.45, 7) is 2.03. The van der Waals surface area contributed by atoms with E-state index < -0.39 is 16.5 Å². The van der Waals surface area contributed by atoms with Crippen LogP contribution in [0.5, 0.6) is 5.75 Å². The Bertz CT molecular complexity index is 1320. The molecule has 1 aliphatic carbocycles. The highest BCUT2D eigenvalue weighted by molar-refractivity contribution is 7.75. The largest absolute Gasteiger partial charge is 0.491 e. The molecule has 2 aliphatic heterocycles. The van der Waals surface area contributed by atoms with Crippen molar-refractivity contribution in [1.82, 2.24) is 0 Å². The number of fused-ring (bicyclic) bond motifs is 3. The zero-order valence-corrected chi connectivity index (χ0v) is 24.8. The average molecular weight is 586 g/mol. The Hall–Kier alpha value is -2.39. The fourth-order valence-corrected chi connectivity index (χ4v) is 6.93. The van der Waals surface area contributed by atoms with Gasteiger partial charge in [-0.3, -0.25) is 4.79 Å². The van der Waals surface area contributed by atoms with Gasteiger partial charge in [-0.05, 0) is 91.8 Å². The molecule has 0 N–H and O–H groups in total. The molecule has 2 aromatic carbocycles. The number of aryl methyl sites for hydroxylation is 1. The fourth-order valence-electron chi connectivity index (χ4n) is 5.92. The van der Waals surface area contributed by atoms with E-state index in [2.05, 4.69) is 27.5 Å². The second-order valence-electron chi connectivity index (χ2n) is 10.9. The number of methoxy groups -OCH3 is 2. The van der Waals surface area contributed by atoms with Crippen molar-refractivity contribution in [3.8, 4) is 5.75 Å². The number of amides is 1. The maximum absolute atomic E-state index is 13.1. The molecule has 1 fully saturated rings. The molecule has 9 heteroatoms. The van der Waals surface area contributed by atoms with Gasteiger partial charge in [0.15, 0.2) is 0 Å². The summed E-state index contributed by atoms with van der Waals surface area (Å²) in [7, 11) is 1.73. The summed E-state index contributed by atoms with van der Waals surface area (Å²) >= 11 is 6.40. The zero-order chi connectivity index (χ0) is 28.1. The van der Waals surface area contributed by atoms with Crippen molar-refractivity contribution in [3.05, 3.63) is 70.3 Å². The molecule has 5 rings (SSSR count). The number of nitrogens with zero attached hydrogens (tertiary/aromatic N) is 2. The van der Waals surface area contributed by atoms with Crippen LogP contribution in [0.15, 0.2) is 52.9 Å². The third kappa shape index (κ3) is 6.90. The number of hydrogen-bond acceptors (Lipinski definition) is 7. The van der Waals surface area contributed by atoms with E-state index in [0.29, 0.717) is 37.0 Å². The molecule has 0 unspecified atom stereocenters. The van der Waals surface area contributed by atoms with Gasteiger partial charge in [-0.15, -0.1) is 0 Å². The average Bonchev–Trinajstić information content (AvgIpc) is 2.96. The first kappa shape index (κ1) is 29.1. The van der Waals surface area contributed by atoms with Gasteiger partial charge in [0.2, 0.25) is 0 Å². The smallest absolute Gasteiger partial charge is 0.254 e. The molecule has 2 bridgehead atoms. The summed E-state index contributed by atoms with van der Waals surface area (Å²) in [5.41, 5.74) is 3.73. The van der Waals surface area contributed by atoms with Crippen LogP contribution in [0, 0.1) is 11.8 Å². The van der Waals surface area contributed by atoms with Gasteiger partial charge < -0.3 is 27.7 Å². The van der Waals surface area contributed by atoms with Crippen LogP contribution in [0.1, 0.15) is 53.6 Å². The molecule has 0 radical (unpaired) electrons. The Morgan fingerprint density at radius 1 is 1.02 bits per heavy atom. The lowest BCUT2D eigenvalue weighted by atomic mass is 9.70. The molecule has 7 nitrogen and oxygen atoms in total. The Labute approximate surface area is 244 Å². The molecule has 1 amide bonds. The lowest BCUT2D eigenvalue weighted by molar-refractivity contribution is 0.0126. The summed E-state index contributed by atoms with van der Waals surface area (Å²) in [5.74, 6) is 1.25. The van der Waals surface area contributed by atoms with Crippen molar-refractivity contribution in [2.24, 2.45) is 16.2 Å². The normalized spacial score (nSPS) is 27.2. The molecular formula is C31H38ClN2O5S-. The Kier molecular flexibility index (Phi) is 9.84. The SMILES string of the molecule is CO[C@H]1/C=C/[C@H](OC)CC[S-](=O)=NC(=O)c2ccc3c(c2)N(Cc2ccc(Cl)cc2CCCCO3)C[C@@H]2CC[C@H]21. The second-order valence-corrected chi connectivity index (χ2v) is 12.5. The lowest BCUT2D eigenvalue weighted by Gasteiger charge is -2.43. The number of carbonyl (C=O) groups excluding carboxylic acids is 1. The second kappa shape index (κ2) is 13.5. The molecule has 2 aromatic rings. The number of carbonyl (C=O) groups is 1. The summed E-state index contributed by atoms with van der Waals surface area (Å²) in [4.78, 5) is 15.5. The van der Waals surface area contributed by atoms with Gasteiger partial charge in [0.25, 0.3) is 5.91 Å². The van der Waals surface area contributed by atoms with Crippen molar-refractivity contribution in [2.45, 2.75) is 57.3 Å². The van der Waals surface area contributed by atoms with Crippen LogP contribution in [0.2, 0.25) is 5.02 Å². The summed E-state index contributed by atoms with van der Waals surface area (Å²) in [5, 5.41) is 0.740. The highest BCUT2D eigenvalue weighted by Gasteiger charge is 2.38. The standard InChI is InChI=1S/C31H38ClN2O5S/c1-37-26-10-13-29(38-2)27-11-7-24(27)20-34-19-23-6-9-25(32)17-21(23)5-3-4-15-39-30-12-8-22(18-28(30)34)31(35)33-40(36)16-14-26/h6,8-10,12-13,17-18,24,26-27,29H,3-5,7,11,14-16,19-20H2,1-2H3/q-1/b13-10+/t24-,26-,27+,29-/m0/s1. The van der Waals surface area contributed by atoms with Crippen LogP contribution in [-0.4, -0.2) is 51.2 Å². The first-order valence-corrected chi connectivity index (χ1v) is 15.8. The molecule has 40 heavy (non-hydrogen) atoms. The predicted octanol–water partition coefficient (Wildman–Crippen LogP) is 6.37. The third-order valence-electron chi connectivity index (χ3n) is 8.38. The number of rotatable bonds is 2. The molecule has 3 aliphatic rings. The Morgan fingerprint density at radius 3 is 2.67 bits per heavy atom. The van der Waals surface area contributed by atoms with Crippen LogP contribution in [-0.2, 0) is 37.2 Å². The van der Waals surface area contributed by atoms with Crippen molar-refractivity contribution in [1.29, 1.82) is 0 Å². The minimum absolute atomic E-state index is 0.0434. The van der Waals surface area contributed by atoms with Gasteiger partial charge in [-0.25, -0.2) is 0 Å². The quantitative estimate of drug-likeness (QED) is 0.301. The van der Waals surface area contributed by atoms with Crippen LogP contribution >= 0.6 is 11.6 Å². The lowest BCUT2D eigenvalue weighted by Crippen LogP contribution is -2.43. The van der Waals surface area contributed by atoms with E-state index in [4.69, 9.17) is 25.8 Å². The van der Waals surface area contributed by atoms with Crippen LogP contribution < -0.4 is 9.64 Å². The Morgan fingerprint density at radius 2 is 1.90 bits per heavy atom. The number of hydrogen-bond donors (Lipinski definition) is 0. The molecule has 1 saturated carbocycles. The van der Waals surface area contributed by atoms with E-state index in [0.717, 1.165) is 55.1 Å². The van der Waals surface area contributed by atoms with Gasteiger partial charge in [0.05, 0.1) is 24.5 Å². The maximum Gasteiger partial charge on any atom is 0.254 e. The fraction of sp³-hybridized carbons (Fsp3) is 0.516. The van der Waals surface area contributed by atoms with E-state index >= 15 is 0 Å². The molecule has 216 valence electrons. The topological polar surface area (TPSA) is 77.4 Å². The Balaban J connectivity index is 1.60. The number of anilines is 1. The van der Waals surface area contributed by atoms with Crippen LogP contribution in [0.25, 0.3) is 0 Å². The number of benzene rings is 2. The van der Waals surface area contributed by atoms with Crippen LogP contribution in [0.3, 0.4) is 0 Å². The van der Waals surface area contributed by atoms with Gasteiger partial charge in [0.1, 0.15) is 5.75 Å². The van der Waals surface area contributed by atoms with E-state index in [9.17, 15) is 9.00 Å². The van der Waals surface area contributed by atoms with Gasteiger partial charge in [-0.1, -0.05) is 35.6 Å². The highest BCUT2D eigenvalue weighted by atomic mass is 35.5. The van der Waals surface area contributed by atoms with E-state index in [1.54, 1.807) is 20.3 Å². The summed E-state index contributed by atoms with van der Waals surface area (Å²) < 4.78 is 34.6. The van der Waals surface area contributed by atoms with Gasteiger partial charge in [0, 0.05) is 37.9 Å². The zero-order valence-electron chi connectivity index (χ0n) is 23.2. The van der Waals surface area contributed by atoms with Gasteiger partial charge in [-0.2, -0.15) is 10.6 Å². The van der Waals surface area contributed by atoms with Gasteiger partial charge >= 0.3 is 0 Å². The summed E-state index contributed by atoms with van der Waals surface area (Å²) in [6.07, 6.45) is 9.33. The van der Waals surface area contributed by atoms with E-state index in [-0.39, 0.29) is 18.0 Å². The van der Waals surface area contributed by atoms with Crippen LogP contribution in [0.4, 0.5) is 5.69 Å². The number of ether oxygens (including phenoxy) is 3.